The molecule has 2 aromatic heterocycles. The number of hydrogen-bond donors (Lipinski definition) is 1. The van der Waals surface area contributed by atoms with Crippen LogP contribution in [0.4, 0.5) is 0 Å². The first-order chi connectivity index (χ1) is 14.1. The van der Waals surface area contributed by atoms with Crippen molar-refractivity contribution in [1.82, 2.24) is 9.55 Å². The maximum absolute atomic E-state index is 13.2. The van der Waals surface area contributed by atoms with Crippen molar-refractivity contribution in [2.45, 2.75) is 20.4 Å². The van der Waals surface area contributed by atoms with E-state index < -0.39 is 5.97 Å². The van der Waals surface area contributed by atoms with E-state index in [9.17, 15) is 9.59 Å². The molecule has 29 heavy (non-hydrogen) atoms. The Balaban J connectivity index is 2.02. The van der Waals surface area contributed by atoms with Gasteiger partial charge in [0.15, 0.2) is 0 Å². The molecule has 0 saturated heterocycles. The Morgan fingerprint density at radius 3 is 2.34 bits per heavy atom. The van der Waals surface area contributed by atoms with E-state index in [0.29, 0.717) is 11.9 Å². The molecule has 0 aliphatic heterocycles. The zero-order valence-electron chi connectivity index (χ0n) is 16.4. The number of aromatic amines is 1. The Hall–Kier alpha value is -3.60. The number of ether oxygens (including phenoxy) is 1. The predicted octanol–water partition coefficient (Wildman–Crippen LogP) is 4.53. The van der Waals surface area contributed by atoms with Gasteiger partial charge in [0.1, 0.15) is 5.56 Å². The molecule has 0 amide bonds. The fraction of sp³-hybridized carbons (Fsp3) is 0.167. The van der Waals surface area contributed by atoms with Gasteiger partial charge in [0.05, 0.1) is 23.2 Å². The van der Waals surface area contributed by atoms with Crippen molar-refractivity contribution in [1.29, 1.82) is 0 Å². The minimum Gasteiger partial charge on any atom is -0.462 e. The summed E-state index contributed by atoms with van der Waals surface area (Å²) in [6, 6.07) is 19.8. The van der Waals surface area contributed by atoms with Crippen LogP contribution in [0.2, 0.25) is 0 Å². The Kier molecular flexibility index (Phi) is 5.04. The number of hydrogen-bond acceptors (Lipinski definition) is 3. The van der Waals surface area contributed by atoms with Gasteiger partial charge >= 0.3 is 5.97 Å². The number of esters is 1. The van der Waals surface area contributed by atoms with Gasteiger partial charge in [0.25, 0.3) is 0 Å². The number of H-pyrrole nitrogens is 1. The molecular formula is C24H22N2O3. The third-order valence-corrected chi connectivity index (χ3v) is 4.96. The van der Waals surface area contributed by atoms with Crippen LogP contribution >= 0.6 is 0 Å². The van der Waals surface area contributed by atoms with Gasteiger partial charge in [-0.05, 0) is 19.4 Å². The lowest BCUT2D eigenvalue weighted by Gasteiger charge is -2.13. The fourth-order valence-corrected chi connectivity index (χ4v) is 3.66. The Morgan fingerprint density at radius 2 is 1.69 bits per heavy atom. The molecule has 0 aliphatic rings. The first-order valence-electron chi connectivity index (χ1n) is 9.62. The Bertz CT molecular complexity index is 1220. The fourth-order valence-electron chi connectivity index (χ4n) is 3.66. The molecule has 0 radical (unpaired) electrons. The lowest BCUT2D eigenvalue weighted by Crippen LogP contribution is -2.21. The maximum atomic E-state index is 13.2. The van der Waals surface area contributed by atoms with Crippen LogP contribution in [0.5, 0.6) is 0 Å². The number of aryl methyl sites for hydroxylation is 1. The zero-order valence-corrected chi connectivity index (χ0v) is 16.4. The van der Waals surface area contributed by atoms with E-state index in [1.54, 1.807) is 13.1 Å². The lowest BCUT2D eigenvalue weighted by molar-refractivity contribution is 0.0524. The second-order valence-electron chi connectivity index (χ2n) is 6.92. The van der Waals surface area contributed by atoms with Crippen molar-refractivity contribution in [2.24, 2.45) is 0 Å². The molecule has 1 N–H and O–H groups in total. The molecule has 2 heterocycles. The number of rotatable bonds is 5. The zero-order chi connectivity index (χ0) is 20.4. The van der Waals surface area contributed by atoms with Crippen molar-refractivity contribution in [3.63, 3.8) is 0 Å². The third kappa shape index (κ3) is 3.47. The van der Waals surface area contributed by atoms with E-state index in [4.69, 9.17) is 4.74 Å². The summed E-state index contributed by atoms with van der Waals surface area (Å²) in [5, 5.41) is 0.519. The molecule has 0 saturated carbocycles. The van der Waals surface area contributed by atoms with Crippen LogP contribution in [0.3, 0.4) is 0 Å². The maximum Gasteiger partial charge on any atom is 0.343 e. The molecule has 4 aromatic rings. The van der Waals surface area contributed by atoms with Gasteiger partial charge in [-0.15, -0.1) is 0 Å². The van der Waals surface area contributed by atoms with Crippen molar-refractivity contribution >= 4 is 16.9 Å². The number of pyridine rings is 1. The number of nitrogens with zero attached hydrogens (tertiary/aromatic N) is 1. The van der Waals surface area contributed by atoms with E-state index in [1.165, 1.54) is 0 Å². The average Bonchev–Trinajstić information content (AvgIpc) is 3.09. The van der Waals surface area contributed by atoms with Gasteiger partial charge in [0, 0.05) is 24.0 Å². The first kappa shape index (κ1) is 18.7. The van der Waals surface area contributed by atoms with Gasteiger partial charge in [-0.3, -0.25) is 4.79 Å². The number of aromatic nitrogens is 2. The molecule has 0 spiro atoms. The molecule has 5 nitrogen and oxygen atoms in total. The number of benzene rings is 2. The highest BCUT2D eigenvalue weighted by Crippen LogP contribution is 2.29. The molecule has 0 atom stereocenters. The van der Waals surface area contributed by atoms with E-state index in [0.717, 1.165) is 28.0 Å². The van der Waals surface area contributed by atoms with Crippen molar-refractivity contribution in [3.8, 4) is 11.3 Å². The summed E-state index contributed by atoms with van der Waals surface area (Å²) in [4.78, 5) is 29.0. The van der Waals surface area contributed by atoms with E-state index in [1.807, 2.05) is 72.2 Å². The molecule has 2 aromatic carbocycles. The normalized spacial score (nSPS) is 11.0. The van der Waals surface area contributed by atoms with Gasteiger partial charge in [-0.25, -0.2) is 4.79 Å². The van der Waals surface area contributed by atoms with Crippen LogP contribution < -0.4 is 5.43 Å². The Labute approximate surface area is 168 Å². The Morgan fingerprint density at radius 1 is 1.03 bits per heavy atom. The highest BCUT2D eigenvalue weighted by molar-refractivity contribution is 5.99. The lowest BCUT2D eigenvalue weighted by atomic mass is 10.1. The summed E-state index contributed by atoms with van der Waals surface area (Å²) in [6.07, 6.45) is 1.62. The minimum absolute atomic E-state index is 0.0528. The molecule has 0 unspecified atom stereocenters. The quantitative estimate of drug-likeness (QED) is 0.513. The predicted molar refractivity (Wildman–Crippen MR) is 114 cm³/mol. The monoisotopic (exact) mass is 386 g/mol. The average molecular weight is 386 g/mol. The van der Waals surface area contributed by atoms with E-state index in [2.05, 4.69) is 4.98 Å². The summed E-state index contributed by atoms with van der Waals surface area (Å²) in [7, 11) is 0. The second-order valence-corrected chi connectivity index (χ2v) is 6.92. The summed E-state index contributed by atoms with van der Waals surface area (Å²) in [6.45, 7) is 4.34. The molecule has 0 bridgehead atoms. The highest BCUT2D eigenvalue weighted by Gasteiger charge is 2.22. The summed E-state index contributed by atoms with van der Waals surface area (Å²) in [5.41, 5.74) is 4.19. The van der Waals surface area contributed by atoms with Gasteiger partial charge in [-0.2, -0.15) is 0 Å². The van der Waals surface area contributed by atoms with Crippen LogP contribution in [0.15, 0.2) is 71.7 Å². The minimum atomic E-state index is -0.594. The van der Waals surface area contributed by atoms with Crippen molar-refractivity contribution < 1.29 is 9.53 Å². The SMILES string of the molecule is CCOC(=O)c1cn(Cc2ccccc2)c2c(-c3ccccc3)[nH]c(C)c2c1=O. The van der Waals surface area contributed by atoms with Crippen LogP contribution in [0.1, 0.15) is 28.5 Å². The van der Waals surface area contributed by atoms with Crippen LogP contribution in [-0.4, -0.2) is 22.1 Å². The van der Waals surface area contributed by atoms with Gasteiger partial charge in [-0.1, -0.05) is 60.7 Å². The standard InChI is InChI=1S/C24H22N2O3/c1-3-29-24(28)19-15-26(14-17-10-6-4-7-11-17)22-20(23(19)27)16(2)25-21(22)18-12-8-5-9-13-18/h4-13,15,25H,3,14H2,1-2H3. The number of carbonyl (C=O) groups excluding carboxylic acids is 1. The number of nitrogens with one attached hydrogen (secondary N) is 1. The summed E-state index contributed by atoms with van der Waals surface area (Å²) >= 11 is 0. The van der Waals surface area contributed by atoms with Crippen LogP contribution in [-0.2, 0) is 11.3 Å². The topological polar surface area (TPSA) is 64.1 Å². The molecule has 0 aliphatic carbocycles. The number of fused-ring (bicyclic) bond motifs is 1. The molecular weight excluding hydrogens is 364 g/mol. The largest absolute Gasteiger partial charge is 0.462 e. The number of carbonyl (C=O) groups is 1. The molecule has 0 fully saturated rings. The van der Waals surface area contributed by atoms with E-state index >= 15 is 0 Å². The van der Waals surface area contributed by atoms with Crippen LogP contribution in [0.25, 0.3) is 22.2 Å². The highest BCUT2D eigenvalue weighted by atomic mass is 16.5. The van der Waals surface area contributed by atoms with Crippen molar-refractivity contribution in [3.05, 3.63) is 93.9 Å². The van der Waals surface area contributed by atoms with Gasteiger partial charge < -0.3 is 14.3 Å². The molecule has 4 rings (SSSR count). The summed E-state index contributed by atoms with van der Waals surface area (Å²) in [5.74, 6) is -0.594. The van der Waals surface area contributed by atoms with Crippen molar-refractivity contribution in [2.75, 3.05) is 6.61 Å². The smallest absolute Gasteiger partial charge is 0.343 e. The third-order valence-electron chi connectivity index (χ3n) is 4.96. The van der Waals surface area contributed by atoms with Gasteiger partial charge in [0.2, 0.25) is 5.43 Å². The summed E-state index contributed by atoms with van der Waals surface area (Å²) < 4.78 is 7.09. The van der Waals surface area contributed by atoms with E-state index in [-0.39, 0.29) is 17.6 Å². The first-order valence-corrected chi connectivity index (χ1v) is 9.62. The molecule has 146 valence electrons. The van der Waals surface area contributed by atoms with Crippen LogP contribution in [0, 0.1) is 6.92 Å². The molecule has 5 heteroatoms. The second kappa shape index (κ2) is 7.80.